The molecule has 28 heavy (non-hydrogen) atoms. The van der Waals surface area contributed by atoms with Crippen molar-refractivity contribution in [3.63, 3.8) is 0 Å². The van der Waals surface area contributed by atoms with E-state index < -0.39 is 0 Å². The Bertz CT molecular complexity index is 886. The van der Waals surface area contributed by atoms with Gasteiger partial charge in [0.2, 0.25) is 0 Å². The lowest BCUT2D eigenvalue weighted by Crippen LogP contribution is -2.26. The summed E-state index contributed by atoms with van der Waals surface area (Å²) in [4.78, 5) is 2.27. The lowest BCUT2D eigenvalue weighted by atomic mass is 10.1. The van der Waals surface area contributed by atoms with E-state index in [0.717, 1.165) is 18.7 Å². The Morgan fingerprint density at radius 2 is 1.46 bits per heavy atom. The Balaban J connectivity index is 1.76. The second-order valence-corrected chi connectivity index (χ2v) is 7.70. The lowest BCUT2D eigenvalue weighted by molar-refractivity contribution is 0.232. The van der Waals surface area contributed by atoms with Crippen LogP contribution in [0.5, 0.6) is 0 Å². The molecule has 0 aliphatic heterocycles. The molecule has 1 aromatic heterocycles. The van der Waals surface area contributed by atoms with Crippen LogP contribution in [0.1, 0.15) is 37.1 Å². The van der Waals surface area contributed by atoms with Crippen LogP contribution in [-0.4, -0.2) is 16.0 Å². The Morgan fingerprint density at radius 3 is 2.11 bits per heavy atom. The molecule has 0 aliphatic carbocycles. The van der Waals surface area contributed by atoms with Gasteiger partial charge in [-0.15, -0.1) is 0 Å². The van der Waals surface area contributed by atoms with Gasteiger partial charge in [0.15, 0.2) is 0 Å². The third kappa shape index (κ3) is 5.52. The first-order valence-electron chi connectivity index (χ1n) is 9.86. The van der Waals surface area contributed by atoms with E-state index in [-0.39, 0.29) is 11.6 Å². The molecule has 0 atom stereocenters. The molecular formula is C24H28F2N2. The number of halogens is 2. The standard InChI is InChI=1S/C24H28F2N2/c1-19(2)13-15-27(16-20-8-3-5-11-23(20)25)18-22-10-7-14-28(22)17-21-9-4-6-12-24(21)26/h3-12,14,19H,13,15-18H2,1-2H3. The summed E-state index contributed by atoms with van der Waals surface area (Å²) in [6, 6.07) is 17.9. The van der Waals surface area contributed by atoms with Crippen molar-refractivity contribution in [3.8, 4) is 0 Å². The monoisotopic (exact) mass is 382 g/mol. The van der Waals surface area contributed by atoms with Gasteiger partial charge < -0.3 is 4.57 Å². The number of aromatic nitrogens is 1. The van der Waals surface area contributed by atoms with E-state index in [9.17, 15) is 8.78 Å². The van der Waals surface area contributed by atoms with Gasteiger partial charge in [-0.2, -0.15) is 0 Å². The molecule has 2 nitrogen and oxygen atoms in total. The third-order valence-corrected chi connectivity index (χ3v) is 4.98. The number of hydrogen-bond acceptors (Lipinski definition) is 1. The van der Waals surface area contributed by atoms with Crippen LogP contribution in [0.3, 0.4) is 0 Å². The molecule has 3 aromatic rings. The minimum Gasteiger partial charge on any atom is -0.346 e. The number of benzene rings is 2. The summed E-state index contributed by atoms with van der Waals surface area (Å²) in [5, 5.41) is 0. The van der Waals surface area contributed by atoms with Gasteiger partial charge in [-0.3, -0.25) is 4.90 Å². The molecule has 0 aliphatic rings. The fraction of sp³-hybridized carbons (Fsp3) is 0.333. The van der Waals surface area contributed by atoms with Crippen molar-refractivity contribution in [1.29, 1.82) is 0 Å². The van der Waals surface area contributed by atoms with E-state index in [1.54, 1.807) is 12.1 Å². The van der Waals surface area contributed by atoms with Gasteiger partial charge >= 0.3 is 0 Å². The molecule has 148 valence electrons. The summed E-state index contributed by atoms with van der Waals surface area (Å²) in [7, 11) is 0. The fourth-order valence-electron chi connectivity index (χ4n) is 3.31. The smallest absolute Gasteiger partial charge is 0.128 e. The highest BCUT2D eigenvalue weighted by Crippen LogP contribution is 2.17. The molecule has 0 radical (unpaired) electrons. The molecule has 0 bridgehead atoms. The largest absolute Gasteiger partial charge is 0.346 e. The summed E-state index contributed by atoms with van der Waals surface area (Å²) in [6.07, 6.45) is 3.02. The van der Waals surface area contributed by atoms with E-state index in [1.807, 2.05) is 36.5 Å². The maximum atomic E-state index is 14.2. The topological polar surface area (TPSA) is 8.17 Å². The predicted molar refractivity (Wildman–Crippen MR) is 110 cm³/mol. The van der Waals surface area contributed by atoms with Crippen molar-refractivity contribution in [2.75, 3.05) is 6.54 Å². The van der Waals surface area contributed by atoms with Crippen LogP contribution in [-0.2, 0) is 19.6 Å². The van der Waals surface area contributed by atoms with Crippen molar-refractivity contribution < 1.29 is 8.78 Å². The van der Waals surface area contributed by atoms with Crippen molar-refractivity contribution in [2.24, 2.45) is 5.92 Å². The number of nitrogens with zero attached hydrogens (tertiary/aromatic N) is 2. The van der Waals surface area contributed by atoms with E-state index in [4.69, 9.17) is 0 Å². The van der Waals surface area contributed by atoms with Gasteiger partial charge in [0.1, 0.15) is 11.6 Å². The zero-order chi connectivity index (χ0) is 19.9. The van der Waals surface area contributed by atoms with Crippen LogP contribution in [0, 0.1) is 17.6 Å². The summed E-state index contributed by atoms with van der Waals surface area (Å²) in [5.41, 5.74) is 2.48. The lowest BCUT2D eigenvalue weighted by Gasteiger charge is -2.24. The summed E-state index contributed by atoms with van der Waals surface area (Å²) >= 11 is 0. The van der Waals surface area contributed by atoms with Gasteiger partial charge in [-0.25, -0.2) is 8.78 Å². The van der Waals surface area contributed by atoms with E-state index >= 15 is 0 Å². The van der Waals surface area contributed by atoms with Crippen LogP contribution in [0.25, 0.3) is 0 Å². The maximum absolute atomic E-state index is 14.2. The van der Waals surface area contributed by atoms with Gasteiger partial charge in [0.05, 0.1) is 6.54 Å². The summed E-state index contributed by atoms with van der Waals surface area (Å²) in [6.45, 7) is 7.03. The average Bonchev–Trinajstić information content (AvgIpc) is 3.10. The first-order valence-corrected chi connectivity index (χ1v) is 9.86. The highest BCUT2D eigenvalue weighted by Gasteiger charge is 2.13. The molecule has 0 unspecified atom stereocenters. The molecule has 0 saturated heterocycles. The molecular weight excluding hydrogens is 354 g/mol. The zero-order valence-electron chi connectivity index (χ0n) is 16.6. The first-order chi connectivity index (χ1) is 13.5. The SMILES string of the molecule is CC(C)CCN(Cc1ccccc1F)Cc1cccn1Cc1ccccc1F. The molecule has 0 spiro atoms. The van der Waals surface area contributed by atoms with Gasteiger partial charge in [0, 0.05) is 36.1 Å². The Morgan fingerprint density at radius 1 is 0.821 bits per heavy atom. The van der Waals surface area contributed by atoms with Crippen LogP contribution >= 0.6 is 0 Å². The molecule has 2 aromatic carbocycles. The first kappa shape index (κ1) is 20.3. The second-order valence-electron chi connectivity index (χ2n) is 7.70. The summed E-state index contributed by atoms with van der Waals surface area (Å²) in [5.74, 6) is 0.220. The Labute approximate surface area is 166 Å². The van der Waals surface area contributed by atoms with E-state index in [1.165, 1.54) is 12.1 Å². The second kappa shape index (κ2) is 9.65. The molecule has 0 saturated carbocycles. The van der Waals surface area contributed by atoms with Gasteiger partial charge in [0.25, 0.3) is 0 Å². The summed E-state index contributed by atoms with van der Waals surface area (Å²) < 4.78 is 30.3. The highest BCUT2D eigenvalue weighted by molar-refractivity contribution is 5.20. The molecule has 3 rings (SSSR count). The number of hydrogen-bond donors (Lipinski definition) is 0. The zero-order valence-corrected chi connectivity index (χ0v) is 16.6. The Hall–Kier alpha value is -2.46. The average molecular weight is 382 g/mol. The minimum absolute atomic E-state index is 0.168. The quantitative estimate of drug-likeness (QED) is 0.450. The normalized spacial score (nSPS) is 11.5. The molecule has 4 heteroatoms. The molecule has 0 N–H and O–H groups in total. The molecule has 0 amide bonds. The third-order valence-electron chi connectivity index (χ3n) is 4.98. The van der Waals surface area contributed by atoms with E-state index in [2.05, 4.69) is 29.4 Å². The van der Waals surface area contributed by atoms with Crippen molar-refractivity contribution in [1.82, 2.24) is 9.47 Å². The predicted octanol–water partition coefficient (Wildman–Crippen LogP) is 5.86. The van der Waals surface area contributed by atoms with Crippen molar-refractivity contribution in [2.45, 2.75) is 39.9 Å². The highest BCUT2D eigenvalue weighted by atomic mass is 19.1. The Kier molecular flexibility index (Phi) is 6.99. The number of rotatable bonds is 9. The van der Waals surface area contributed by atoms with Gasteiger partial charge in [-0.05, 0) is 43.1 Å². The van der Waals surface area contributed by atoms with Crippen LogP contribution in [0.4, 0.5) is 8.78 Å². The molecule has 1 heterocycles. The van der Waals surface area contributed by atoms with Gasteiger partial charge in [-0.1, -0.05) is 50.2 Å². The minimum atomic E-state index is -0.190. The fourth-order valence-corrected chi connectivity index (χ4v) is 3.31. The van der Waals surface area contributed by atoms with Crippen LogP contribution < -0.4 is 0 Å². The van der Waals surface area contributed by atoms with E-state index in [0.29, 0.717) is 36.7 Å². The van der Waals surface area contributed by atoms with Crippen molar-refractivity contribution in [3.05, 3.63) is 95.3 Å². The molecule has 0 fully saturated rings. The van der Waals surface area contributed by atoms with Crippen molar-refractivity contribution >= 4 is 0 Å². The maximum Gasteiger partial charge on any atom is 0.128 e. The van der Waals surface area contributed by atoms with Crippen LogP contribution in [0.2, 0.25) is 0 Å². The van der Waals surface area contributed by atoms with Crippen LogP contribution in [0.15, 0.2) is 66.9 Å².